The molecule has 1 saturated heterocycles. The lowest BCUT2D eigenvalue weighted by Crippen LogP contribution is -2.39. The first kappa shape index (κ1) is 14.1. The molecule has 1 aromatic heterocycles. The van der Waals surface area contributed by atoms with Crippen molar-refractivity contribution in [2.45, 2.75) is 0 Å². The SMILES string of the molecule is Nc1nc(N2CCOCC2)c2c(n1)N(c1ccccc1)CCN2. The lowest BCUT2D eigenvalue weighted by atomic mass is 10.2. The summed E-state index contributed by atoms with van der Waals surface area (Å²) in [5, 5.41) is 3.45. The molecule has 4 rings (SSSR count). The predicted octanol–water partition coefficient (Wildman–Crippen LogP) is 1.46. The number of anilines is 5. The van der Waals surface area contributed by atoms with Gasteiger partial charge in [0, 0.05) is 31.9 Å². The summed E-state index contributed by atoms with van der Waals surface area (Å²) in [6.45, 7) is 4.73. The first-order chi connectivity index (χ1) is 11.3. The molecule has 0 saturated carbocycles. The Morgan fingerprint density at radius 3 is 2.52 bits per heavy atom. The van der Waals surface area contributed by atoms with E-state index in [2.05, 4.69) is 37.2 Å². The maximum absolute atomic E-state index is 6.00. The largest absolute Gasteiger partial charge is 0.378 e. The Morgan fingerprint density at radius 2 is 1.74 bits per heavy atom. The van der Waals surface area contributed by atoms with Gasteiger partial charge in [-0.2, -0.15) is 9.97 Å². The molecule has 3 N–H and O–H groups in total. The number of aromatic nitrogens is 2. The Morgan fingerprint density at radius 1 is 1.00 bits per heavy atom. The Hall–Kier alpha value is -2.54. The summed E-state index contributed by atoms with van der Waals surface area (Å²) in [6, 6.07) is 10.2. The highest BCUT2D eigenvalue weighted by molar-refractivity contribution is 5.84. The molecule has 0 aliphatic carbocycles. The van der Waals surface area contributed by atoms with Crippen molar-refractivity contribution in [3.63, 3.8) is 0 Å². The lowest BCUT2D eigenvalue weighted by Gasteiger charge is -2.35. The van der Waals surface area contributed by atoms with Gasteiger partial charge in [0.25, 0.3) is 0 Å². The number of benzene rings is 1. The Balaban J connectivity index is 1.78. The van der Waals surface area contributed by atoms with Crippen LogP contribution in [0.15, 0.2) is 30.3 Å². The van der Waals surface area contributed by atoms with Gasteiger partial charge in [0.05, 0.1) is 13.2 Å². The predicted molar refractivity (Wildman–Crippen MR) is 91.4 cm³/mol. The molecule has 1 fully saturated rings. The fourth-order valence-electron chi connectivity index (χ4n) is 3.07. The minimum atomic E-state index is 0.301. The molecule has 0 radical (unpaired) electrons. The van der Waals surface area contributed by atoms with E-state index in [-0.39, 0.29) is 0 Å². The van der Waals surface area contributed by atoms with Crippen LogP contribution in [0.2, 0.25) is 0 Å². The summed E-state index contributed by atoms with van der Waals surface area (Å²) >= 11 is 0. The minimum absolute atomic E-state index is 0.301. The summed E-state index contributed by atoms with van der Waals surface area (Å²) in [6.07, 6.45) is 0. The molecule has 0 amide bonds. The van der Waals surface area contributed by atoms with Crippen molar-refractivity contribution >= 4 is 29.0 Å². The van der Waals surface area contributed by atoms with E-state index in [0.717, 1.165) is 49.2 Å². The van der Waals surface area contributed by atoms with Crippen LogP contribution in [0.4, 0.5) is 29.0 Å². The van der Waals surface area contributed by atoms with Crippen molar-refractivity contribution < 1.29 is 4.74 Å². The molecule has 3 heterocycles. The van der Waals surface area contributed by atoms with E-state index in [1.807, 2.05) is 18.2 Å². The second-order valence-electron chi connectivity index (χ2n) is 5.62. The van der Waals surface area contributed by atoms with E-state index in [4.69, 9.17) is 10.5 Å². The summed E-state index contributed by atoms with van der Waals surface area (Å²) in [5.41, 5.74) is 8.06. The number of nitrogens with two attached hydrogens (primary N) is 1. The third-order valence-electron chi connectivity index (χ3n) is 4.16. The van der Waals surface area contributed by atoms with Gasteiger partial charge < -0.3 is 25.6 Å². The van der Waals surface area contributed by atoms with Gasteiger partial charge in [0.2, 0.25) is 5.95 Å². The summed E-state index contributed by atoms with van der Waals surface area (Å²) in [5.74, 6) is 2.02. The molecule has 7 nitrogen and oxygen atoms in total. The van der Waals surface area contributed by atoms with E-state index in [1.54, 1.807) is 0 Å². The highest BCUT2D eigenvalue weighted by atomic mass is 16.5. The van der Waals surface area contributed by atoms with Gasteiger partial charge >= 0.3 is 0 Å². The Labute approximate surface area is 135 Å². The number of nitrogen functional groups attached to an aromatic ring is 1. The molecule has 0 unspecified atom stereocenters. The van der Waals surface area contributed by atoms with Crippen LogP contribution >= 0.6 is 0 Å². The second-order valence-corrected chi connectivity index (χ2v) is 5.62. The molecular weight excluding hydrogens is 292 g/mol. The van der Waals surface area contributed by atoms with Crippen molar-refractivity contribution in [2.24, 2.45) is 0 Å². The van der Waals surface area contributed by atoms with Gasteiger partial charge in [-0.3, -0.25) is 0 Å². The zero-order valence-electron chi connectivity index (χ0n) is 12.9. The maximum atomic E-state index is 6.00. The number of nitrogens with zero attached hydrogens (tertiary/aromatic N) is 4. The maximum Gasteiger partial charge on any atom is 0.224 e. The fourth-order valence-corrected chi connectivity index (χ4v) is 3.07. The van der Waals surface area contributed by atoms with Crippen LogP contribution in [0, 0.1) is 0 Å². The Bertz CT molecular complexity index is 686. The highest BCUT2D eigenvalue weighted by Crippen LogP contribution is 2.39. The molecule has 2 aliphatic rings. The normalized spacial score (nSPS) is 17.6. The molecule has 0 atom stereocenters. The zero-order chi connectivity index (χ0) is 15.6. The topological polar surface area (TPSA) is 79.5 Å². The molecule has 2 aliphatic heterocycles. The lowest BCUT2D eigenvalue weighted by molar-refractivity contribution is 0.122. The minimum Gasteiger partial charge on any atom is -0.378 e. The number of hydrogen-bond acceptors (Lipinski definition) is 7. The zero-order valence-corrected chi connectivity index (χ0v) is 12.9. The van der Waals surface area contributed by atoms with Gasteiger partial charge in [-0.05, 0) is 12.1 Å². The van der Waals surface area contributed by atoms with Crippen LogP contribution in [0.25, 0.3) is 0 Å². The van der Waals surface area contributed by atoms with Crippen molar-refractivity contribution in [1.29, 1.82) is 0 Å². The number of rotatable bonds is 2. The molecule has 0 spiro atoms. The summed E-state index contributed by atoms with van der Waals surface area (Å²) < 4.78 is 5.44. The van der Waals surface area contributed by atoms with Crippen LogP contribution < -0.4 is 20.9 Å². The van der Waals surface area contributed by atoms with E-state index < -0.39 is 0 Å². The van der Waals surface area contributed by atoms with Crippen molar-refractivity contribution in [3.8, 4) is 0 Å². The van der Waals surface area contributed by atoms with Crippen LogP contribution in [-0.2, 0) is 4.74 Å². The summed E-state index contributed by atoms with van der Waals surface area (Å²) in [4.78, 5) is 13.4. The van der Waals surface area contributed by atoms with Crippen LogP contribution in [0.1, 0.15) is 0 Å². The quantitative estimate of drug-likeness (QED) is 0.869. The number of para-hydroxylation sites is 1. The number of nitrogens with one attached hydrogen (secondary N) is 1. The number of fused-ring (bicyclic) bond motifs is 1. The van der Waals surface area contributed by atoms with Gasteiger partial charge in [-0.25, -0.2) is 0 Å². The highest BCUT2D eigenvalue weighted by Gasteiger charge is 2.27. The van der Waals surface area contributed by atoms with Gasteiger partial charge in [-0.15, -0.1) is 0 Å². The van der Waals surface area contributed by atoms with Gasteiger partial charge in [-0.1, -0.05) is 18.2 Å². The average Bonchev–Trinajstić information content (AvgIpc) is 2.62. The van der Waals surface area contributed by atoms with Crippen LogP contribution in [-0.4, -0.2) is 49.4 Å². The van der Waals surface area contributed by atoms with E-state index in [0.29, 0.717) is 19.2 Å². The molecule has 1 aromatic carbocycles. The number of ether oxygens (including phenoxy) is 1. The van der Waals surface area contributed by atoms with E-state index in [9.17, 15) is 0 Å². The molecule has 0 bridgehead atoms. The Kier molecular flexibility index (Phi) is 3.63. The van der Waals surface area contributed by atoms with Gasteiger partial charge in [0.15, 0.2) is 11.6 Å². The van der Waals surface area contributed by atoms with Crippen molar-refractivity contribution in [2.75, 3.05) is 60.2 Å². The van der Waals surface area contributed by atoms with Crippen LogP contribution in [0.3, 0.4) is 0 Å². The van der Waals surface area contributed by atoms with Crippen LogP contribution in [0.5, 0.6) is 0 Å². The number of morpholine rings is 1. The second kappa shape index (κ2) is 5.92. The molecule has 2 aromatic rings. The third kappa shape index (κ3) is 2.63. The van der Waals surface area contributed by atoms with Crippen molar-refractivity contribution in [1.82, 2.24) is 9.97 Å². The van der Waals surface area contributed by atoms with Gasteiger partial charge in [0.1, 0.15) is 5.69 Å². The summed E-state index contributed by atoms with van der Waals surface area (Å²) in [7, 11) is 0. The monoisotopic (exact) mass is 312 g/mol. The van der Waals surface area contributed by atoms with Crippen molar-refractivity contribution in [3.05, 3.63) is 30.3 Å². The molecular formula is C16H20N6O. The van der Waals surface area contributed by atoms with E-state index >= 15 is 0 Å². The first-order valence-electron chi connectivity index (χ1n) is 7.89. The standard InChI is InChI=1S/C16H20N6O/c17-16-19-14(21-8-10-23-11-9-21)13-15(20-16)22(7-6-18-13)12-4-2-1-3-5-12/h1-5,18H,6-11H2,(H2,17,19,20). The third-order valence-corrected chi connectivity index (χ3v) is 4.16. The van der Waals surface area contributed by atoms with E-state index in [1.165, 1.54) is 0 Å². The smallest absolute Gasteiger partial charge is 0.224 e. The fraction of sp³-hybridized carbons (Fsp3) is 0.375. The molecule has 120 valence electrons. The first-order valence-corrected chi connectivity index (χ1v) is 7.89. The average molecular weight is 312 g/mol. The number of hydrogen-bond donors (Lipinski definition) is 2. The molecule has 7 heteroatoms. The molecule has 23 heavy (non-hydrogen) atoms.